The molecule has 0 fully saturated rings. The number of phosphoric acid groups is 1. The van der Waals surface area contributed by atoms with E-state index in [1.165, 1.54) is 19.3 Å². The van der Waals surface area contributed by atoms with Crippen LogP contribution in [0.5, 0.6) is 0 Å². The Balaban J connectivity index is 4.30. The standard InChI is InChI=1S/C34H61O9P/c1-3-5-7-9-11-12-13-14-15-16-17-18-19-21-23-25-27-40-30-33(31-42-44(38,39)41-29-32(36)28-35)43-34(37)26-24-22-20-10-8-6-4-2/h5,7,11-12,14-15,17-18,32-33,35-36H,3-4,6,8-10,13,16,19-31H2,1-2H3,(H,38,39)/b7-5-,12-11-,15-14-,18-17-. The van der Waals surface area contributed by atoms with Gasteiger partial charge in [-0.25, -0.2) is 4.57 Å². The molecule has 0 aliphatic rings. The molecule has 0 bridgehead atoms. The molecule has 0 spiro atoms. The van der Waals surface area contributed by atoms with Gasteiger partial charge in [0.25, 0.3) is 0 Å². The third kappa shape index (κ3) is 30.4. The highest BCUT2D eigenvalue weighted by molar-refractivity contribution is 7.47. The van der Waals surface area contributed by atoms with E-state index in [1.807, 2.05) is 0 Å². The number of aliphatic hydroxyl groups is 2. The van der Waals surface area contributed by atoms with E-state index in [0.717, 1.165) is 77.0 Å². The molecule has 0 aromatic heterocycles. The number of carbonyl (C=O) groups is 1. The van der Waals surface area contributed by atoms with Crippen molar-refractivity contribution < 1.29 is 43.0 Å². The summed E-state index contributed by atoms with van der Waals surface area (Å²) in [7, 11) is -4.51. The Morgan fingerprint density at radius 2 is 1.30 bits per heavy atom. The van der Waals surface area contributed by atoms with Crippen LogP contribution in [0.1, 0.15) is 117 Å². The van der Waals surface area contributed by atoms with Gasteiger partial charge in [0.1, 0.15) is 12.2 Å². The minimum atomic E-state index is -4.51. The molecular weight excluding hydrogens is 583 g/mol. The molecule has 44 heavy (non-hydrogen) atoms. The maximum absolute atomic E-state index is 12.4. The summed E-state index contributed by atoms with van der Waals surface area (Å²) in [5, 5.41) is 18.2. The molecule has 0 saturated carbocycles. The Morgan fingerprint density at radius 3 is 1.93 bits per heavy atom. The third-order valence-corrected chi connectivity index (χ3v) is 7.48. The number of ether oxygens (including phenoxy) is 2. The maximum atomic E-state index is 12.4. The van der Waals surface area contributed by atoms with Crippen molar-refractivity contribution in [1.29, 1.82) is 0 Å². The largest absolute Gasteiger partial charge is 0.472 e. The molecular formula is C34H61O9P. The van der Waals surface area contributed by atoms with Crippen molar-refractivity contribution in [3.63, 3.8) is 0 Å². The summed E-state index contributed by atoms with van der Waals surface area (Å²) < 4.78 is 33.0. The Kier molecular flexibility index (Phi) is 30.3. The zero-order valence-corrected chi connectivity index (χ0v) is 28.3. The van der Waals surface area contributed by atoms with Gasteiger partial charge in [-0.05, 0) is 51.4 Å². The number of esters is 1. The number of allylic oxidation sites excluding steroid dienone is 8. The summed E-state index contributed by atoms with van der Waals surface area (Å²) in [6.07, 6.45) is 30.9. The number of aliphatic hydroxyl groups excluding tert-OH is 2. The summed E-state index contributed by atoms with van der Waals surface area (Å²) in [4.78, 5) is 22.2. The van der Waals surface area contributed by atoms with Gasteiger partial charge in [-0.1, -0.05) is 107 Å². The predicted octanol–water partition coefficient (Wildman–Crippen LogP) is 7.91. The van der Waals surface area contributed by atoms with Crippen LogP contribution in [-0.4, -0.2) is 66.3 Å². The zero-order valence-electron chi connectivity index (χ0n) is 27.4. The normalized spacial score (nSPS) is 15.1. The monoisotopic (exact) mass is 644 g/mol. The average molecular weight is 645 g/mol. The lowest BCUT2D eigenvalue weighted by molar-refractivity contribution is -0.154. The lowest BCUT2D eigenvalue weighted by atomic mass is 10.1. The summed E-state index contributed by atoms with van der Waals surface area (Å²) >= 11 is 0. The van der Waals surface area contributed by atoms with Crippen LogP contribution in [-0.2, 0) is 27.9 Å². The molecule has 3 unspecified atom stereocenters. The van der Waals surface area contributed by atoms with Crippen LogP contribution in [0.4, 0.5) is 0 Å². The Hall–Kier alpha value is -1.58. The van der Waals surface area contributed by atoms with Gasteiger partial charge in [0, 0.05) is 13.0 Å². The molecule has 10 heteroatoms. The van der Waals surface area contributed by atoms with Crippen LogP contribution in [0.15, 0.2) is 48.6 Å². The van der Waals surface area contributed by atoms with Crippen molar-refractivity contribution in [2.75, 3.05) is 33.0 Å². The van der Waals surface area contributed by atoms with Gasteiger partial charge < -0.3 is 24.6 Å². The Morgan fingerprint density at radius 1 is 0.727 bits per heavy atom. The van der Waals surface area contributed by atoms with Crippen LogP contribution in [0.25, 0.3) is 0 Å². The lowest BCUT2D eigenvalue weighted by Crippen LogP contribution is -2.29. The molecule has 0 aliphatic heterocycles. The highest BCUT2D eigenvalue weighted by atomic mass is 31.2. The van der Waals surface area contributed by atoms with E-state index in [0.29, 0.717) is 6.61 Å². The molecule has 0 amide bonds. The minimum Gasteiger partial charge on any atom is -0.457 e. The molecule has 3 N–H and O–H groups in total. The topological polar surface area (TPSA) is 132 Å². The summed E-state index contributed by atoms with van der Waals surface area (Å²) in [6, 6.07) is 0. The third-order valence-electron chi connectivity index (χ3n) is 6.53. The van der Waals surface area contributed by atoms with Crippen molar-refractivity contribution in [3.8, 4) is 0 Å². The quantitative estimate of drug-likeness (QED) is 0.0298. The van der Waals surface area contributed by atoms with Gasteiger partial charge in [0.15, 0.2) is 0 Å². The molecule has 0 aromatic carbocycles. The number of carbonyl (C=O) groups excluding carboxylic acids is 1. The summed E-state index contributed by atoms with van der Waals surface area (Å²) in [5.74, 6) is -0.405. The highest BCUT2D eigenvalue weighted by Crippen LogP contribution is 2.43. The van der Waals surface area contributed by atoms with Gasteiger partial charge in [0.2, 0.25) is 0 Å². The van der Waals surface area contributed by atoms with Crippen molar-refractivity contribution in [1.82, 2.24) is 0 Å². The number of hydrogen-bond donors (Lipinski definition) is 3. The fourth-order valence-electron chi connectivity index (χ4n) is 3.99. The first-order valence-corrected chi connectivity index (χ1v) is 18.1. The molecule has 0 radical (unpaired) electrons. The van der Waals surface area contributed by atoms with E-state index in [2.05, 4.69) is 67.0 Å². The SMILES string of the molecule is CC/C=C\C/C=C\C/C=C\C/C=C\CCCCCOCC(COP(=O)(O)OCC(O)CO)OC(=O)CCCCCCCCC. The van der Waals surface area contributed by atoms with Crippen molar-refractivity contribution in [2.24, 2.45) is 0 Å². The Bertz CT molecular complexity index is 826. The number of hydrogen-bond acceptors (Lipinski definition) is 8. The summed E-state index contributed by atoms with van der Waals surface area (Å²) in [6.45, 7) is 3.23. The molecule has 9 nitrogen and oxygen atoms in total. The van der Waals surface area contributed by atoms with E-state index >= 15 is 0 Å². The molecule has 3 atom stereocenters. The molecule has 0 heterocycles. The Labute approximate surface area is 267 Å². The highest BCUT2D eigenvalue weighted by Gasteiger charge is 2.26. The fourth-order valence-corrected chi connectivity index (χ4v) is 4.78. The van der Waals surface area contributed by atoms with Gasteiger partial charge in [-0.15, -0.1) is 0 Å². The van der Waals surface area contributed by atoms with E-state index in [4.69, 9.17) is 19.1 Å². The zero-order chi connectivity index (χ0) is 32.6. The molecule has 0 aromatic rings. The minimum absolute atomic E-state index is 0.0267. The fraction of sp³-hybridized carbons (Fsp3) is 0.735. The van der Waals surface area contributed by atoms with Crippen molar-refractivity contribution >= 4 is 13.8 Å². The second-order valence-corrected chi connectivity index (χ2v) is 12.3. The first kappa shape index (κ1) is 42.4. The smallest absolute Gasteiger partial charge is 0.457 e. The first-order chi connectivity index (χ1) is 21.3. The molecule has 0 aliphatic carbocycles. The van der Waals surface area contributed by atoms with Crippen LogP contribution in [0.3, 0.4) is 0 Å². The van der Waals surface area contributed by atoms with Crippen LogP contribution in [0, 0.1) is 0 Å². The van der Waals surface area contributed by atoms with Crippen LogP contribution in [0.2, 0.25) is 0 Å². The number of rotatable bonds is 31. The number of unbranched alkanes of at least 4 members (excludes halogenated alkanes) is 9. The van der Waals surface area contributed by atoms with Gasteiger partial charge in [0.05, 0.1) is 26.4 Å². The van der Waals surface area contributed by atoms with Crippen LogP contribution < -0.4 is 0 Å². The second kappa shape index (κ2) is 31.4. The molecule has 0 rings (SSSR count). The maximum Gasteiger partial charge on any atom is 0.472 e. The van der Waals surface area contributed by atoms with Crippen molar-refractivity contribution in [3.05, 3.63) is 48.6 Å². The number of phosphoric ester groups is 1. The second-order valence-electron chi connectivity index (χ2n) is 10.8. The molecule has 0 saturated heterocycles. The van der Waals surface area contributed by atoms with Gasteiger partial charge >= 0.3 is 13.8 Å². The van der Waals surface area contributed by atoms with Crippen LogP contribution >= 0.6 is 7.82 Å². The van der Waals surface area contributed by atoms with Gasteiger partial charge in [-0.3, -0.25) is 13.8 Å². The van der Waals surface area contributed by atoms with E-state index in [9.17, 15) is 19.4 Å². The van der Waals surface area contributed by atoms with E-state index < -0.39 is 45.8 Å². The van der Waals surface area contributed by atoms with Crippen molar-refractivity contribution in [2.45, 2.75) is 129 Å². The summed E-state index contributed by atoms with van der Waals surface area (Å²) in [5.41, 5.74) is 0. The lowest BCUT2D eigenvalue weighted by Gasteiger charge is -2.20. The predicted molar refractivity (Wildman–Crippen MR) is 177 cm³/mol. The van der Waals surface area contributed by atoms with E-state index in [-0.39, 0.29) is 13.0 Å². The first-order valence-electron chi connectivity index (χ1n) is 16.6. The van der Waals surface area contributed by atoms with Gasteiger partial charge in [-0.2, -0.15) is 0 Å². The molecule has 256 valence electrons. The average Bonchev–Trinajstić information content (AvgIpc) is 3.01. The van der Waals surface area contributed by atoms with E-state index in [1.54, 1.807) is 0 Å².